The molecule has 1 aromatic rings. The van der Waals surface area contributed by atoms with Crippen molar-refractivity contribution in [2.24, 2.45) is 0 Å². The minimum Gasteiger partial charge on any atom is -0.386 e. The Kier molecular flexibility index (Phi) is 4.22. The Balaban J connectivity index is 2.25. The number of benzene rings is 1. The largest absolute Gasteiger partial charge is 0.386 e. The highest BCUT2D eigenvalue weighted by Crippen LogP contribution is 2.37. The number of aliphatic hydroxyl groups is 1. The summed E-state index contributed by atoms with van der Waals surface area (Å²) >= 11 is 5.71. The molecule has 1 aliphatic heterocycles. The molecule has 0 aliphatic carbocycles. The molecule has 1 saturated heterocycles. The highest BCUT2D eigenvalue weighted by molar-refractivity contribution is 9.10. The van der Waals surface area contributed by atoms with Crippen LogP contribution in [0.5, 0.6) is 0 Å². The molecule has 1 N–H and O–H groups in total. The molecule has 1 fully saturated rings. The van der Waals surface area contributed by atoms with Crippen molar-refractivity contribution in [3.05, 3.63) is 33.8 Å². The van der Waals surface area contributed by atoms with Crippen molar-refractivity contribution < 1.29 is 5.11 Å². The Hall–Kier alpha value is 0.01000. The summed E-state index contributed by atoms with van der Waals surface area (Å²) in [6.45, 7) is 3.65. The number of hydrogen-bond donors (Lipinski definition) is 1. The van der Waals surface area contributed by atoms with Crippen molar-refractivity contribution >= 4 is 27.7 Å². The molecule has 3 heteroatoms. The summed E-state index contributed by atoms with van der Waals surface area (Å²) < 4.78 is 1.15. The van der Waals surface area contributed by atoms with Crippen LogP contribution in [0.3, 0.4) is 0 Å². The summed E-state index contributed by atoms with van der Waals surface area (Å²) in [6, 6.07) is 6.30. The number of hydrogen-bond acceptors (Lipinski definition) is 2. The van der Waals surface area contributed by atoms with E-state index in [9.17, 15) is 5.11 Å². The Morgan fingerprint density at radius 1 is 1.29 bits per heavy atom. The zero-order chi connectivity index (χ0) is 12.5. The molecule has 0 atom stereocenters. The van der Waals surface area contributed by atoms with Crippen molar-refractivity contribution in [2.45, 2.75) is 38.2 Å². The second-order valence-electron chi connectivity index (χ2n) is 5.18. The Morgan fingerprint density at radius 3 is 2.47 bits per heavy atom. The third kappa shape index (κ3) is 3.27. The summed E-state index contributed by atoms with van der Waals surface area (Å²) in [5.74, 6) is 3.22. The number of thioether (sulfide) groups is 1. The van der Waals surface area contributed by atoms with Gasteiger partial charge in [-0.15, -0.1) is 0 Å². The van der Waals surface area contributed by atoms with Gasteiger partial charge in [0.25, 0.3) is 0 Å². The van der Waals surface area contributed by atoms with Crippen LogP contribution in [-0.2, 0) is 5.60 Å². The van der Waals surface area contributed by atoms with Crippen LogP contribution in [-0.4, -0.2) is 16.6 Å². The zero-order valence-electron chi connectivity index (χ0n) is 10.4. The second kappa shape index (κ2) is 5.33. The maximum absolute atomic E-state index is 9.99. The normalized spacial score (nSPS) is 18.4. The van der Waals surface area contributed by atoms with Gasteiger partial charge in [-0.1, -0.05) is 28.1 Å². The molecule has 1 aromatic carbocycles. The lowest BCUT2D eigenvalue weighted by atomic mass is 9.90. The highest BCUT2D eigenvalue weighted by Gasteiger charge is 2.21. The van der Waals surface area contributed by atoms with Gasteiger partial charge in [0.2, 0.25) is 0 Å². The lowest BCUT2D eigenvalue weighted by Crippen LogP contribution is -2.16. The summed E-state index contributed by atoms with van der Waals surface area (Å²) in [4.78, 5) is 0. The van der Waals surface area contributed by atoms with E-state index in [1.54, 1.807) is 0 Å². The van der Waals surface area contributed by atoms with Crippen molar-refractivity contribution in [1.82, 2.24) is 0 Å². The predicted molar refractivity (Wildman–Crippen MR) is 78.7 cm³/mol. The monoisotopic (exact) mass is 314 g/mol. The molecular formula is C14H19BrOS. The van der Waals surface area contributed by atoms with Crippen molar-refractivity contribution in [2.75, 3.05) is 11.5 Å². The van der Waals surface area contributed by atoms with Crippen molar-refractivity contribution in [3.8, 4) is 0 Å². The standard InChI is InChI=1S/C14H19BrOS/c1-14(2,16)11-3-4-12(13(15)9-11)10-5-7-17-8-6-10/h3-4,9-10,16H,5-8H2,1-2H3. The van der Waals surface area contributed by atoms with E-state index in [1.165, 1.54) is 29.9 Å². The van der Waals surface area contributed by atoms with Gasteiger partial charge >= 0.3 is 0 Å². The van der Waals surface area contributed by atoms with Crippen molar-refractivity contribution in [1.29, 1.82) is 0 Å². The van der Waals surface area contributed by atoms with Crippen LogP contribution in [0.4, 0.5) is 0 Å². The average molecular weight is 315 g/mol. The summed E-state index contributed by atoms with van der Waals surface area (Å²) in [7, 11) is 0. The summed E-state index contributed by atoms with van der Waals surface area (Å²) in [5.41, 5.74) is 1.61. The fourth-order valence-electron chi connectivity index (χ4n) is 2.25. The maximum atomic E-state index is 9.99. The van der Waals surface area contributed by atoms with Gasteiger partial charge in [-0.05, 0) is 61.3 Å². The lowest BCUT2D eigenvalue weighted by Gasteiger charge is -2.25. The van der Waals surface area contributed by atoms with E-state index in [0.717, 1.165) is 10.0 Å². The Bertz CT molecular complexity index is 392. The first-order chi connectivity index (χ1) is 7.98. The summed E-state index contributed by atoms with van der Waals surface area (Å²) in [6.07, 6.45) is 2.54. The third-order valence-corrected chi connectivity index (χ3v) is 5.10. The minimum absolute atomic E-state index is 0.682. The Labute approximate surface area is 116 Å². The van der Waals surface area contributed by atoms with Gasteiger partial charge in [0, 0.05) is 4.47 Å². The molecule has 1 aliphatic rings. The molecule has 1 nitrogen and oxygen atoms in total. The SMILES string of the molecule is CC(C)(O)c1ccc(C2CCSCC2)c(Br)c1. The highest BCUT2D eigenvalue weighted by atomic mass is 79.9. The number of rotatable bonds is 2. The van der Waals surface area contributed by atoms with E-state index in [-0.39, 0.29) is 0 Å². The molecule has 94 valence electrons. The van der Waals surface area contributed by atoms with Gasteiger partial charge in [-0.25, -0.2) is 0 Å². The van der Waals surface area contributed by atoms with Crippen LogP contribution in [0.25, 0.3) is 0 Å². The first-order valence-corrected chi connectivity index (χ1v) is 8.03. The van der Waals surface area contributed by atoms with Gasteiger partial charge in [-0.2, -0.15) is 11.8 Å². The fourth-order valence-corrected chi connectivity index (χ4v) is 4.06. The van der Waals surface area contributed by atoms with Crippen LogP contribution >= 0.6 is 27.7 Å². The molecule has 1 heterocycles. The van der Waals surface area contributed by atoms with Crippen LogP contribution in [0.1, 0.15) is 43.7 Å². The average Bonchev–Trinajstić information content (AvgIpc) is 2.29. The molecule has 0 unspecified atom stereocenters. The molecular weight excluding hydrogens is 296 g/mol. The molecule has 0 aromatic heterocycles. The second-order valence-corrected chi connectivity index (χ2v) is 7.26. The molecule has 0 bridgehead atoms. The maximum Gasteiger partial charge on any atom is 0.0840 e. The van der Waals surface area contributed by atoms with E-state index in [0.29, 0.717) is 5.92 Å². The molecule has 0 saturated carbocycles. The van der Waals surface area contributed by atoms with Crippen molar-refractivity contribution in [3.63, 3.8) is 0 Å². The van der Waals surface area contributed by atoms with Gasteiger partial charge < -0.3 is 5.11 Å². The van der Waals surface area contributed by atoms with Crippen LogP contribution in [0.15, 0.2) is 22.7 Å². The Morgan fingerprint density at radius 2 is 1.94 bits per heavy atom. The third-order valence-electron chi connectivity index (χ3n) is 3.37. The number of halogens is 1. The first kappa shape index (κ1) is 13.4. The predicted octanol–water partition coefficient (Wildman–Crippen LogP) is 4.29. The smallest absolute Gasteiger partial charge is 0.0840 e. The van der Waals surface area contributed by atoms with Crippen LogP contribution in [0, 0.1) is 0 Å². The molecule has 0 amide bonds. The van der Waals surface area contributed by atoms with Crippen LogP contribution < -0.4 is 0 Å². The molecule has 0 radical (unpaired) electrons. The zero-order valence-corrected chi connectivity index (χ0v) is 12.8. The molecule has 2 rings (SSSR count). The lowest BCUT2D eigenvalue weighted by molar-refractivity contribution is 0.0785. The van der Waals surface area contributed by atoms with Gasteiger partial charge in [0.1, 0.15) is 0 Å². The summed E-state index contributed by atoms with van der Waals surface area (Å²) in [5, 5.41) is 9.99. The first-order valence-electron chi connectivity index (χ1n) is 6.08. The van der Waals surface area contributed by atoms with E-state index in [2.05, 4.69) is 45.9 Å². The van der Waals surface area contributed by atoms with E-state index in [4.69, 9.17) is 0 Å². The van der Waals surface area contributed by atoms with E-state index >= 15 is 0 Å². The fraction of sp³-hybridized carbons (Fsp3) is 0.571. The van der Waals surface area contributed by atoms with E-state index < -0.39 is 5.60 Å². The van der Waals surface area contributed by atoms with Gasteiger partial charge in [0.15, 0.2) is 0 Å². The molecule has 17 heavy (non-hydrogen) atoms. The van der Waals surface area contributed by atoms with Crippen LogP contribution in [0.2, 0.25) is 0 Å². The molecule has 0 spiro atoms. The van der Waals surface area contributed by atoms with Gasteiger partial charge in [-0.3, -0.25) is 0 Å². The topological polar surface area (TPSA) is 20.2 Å². The quantitative estimate of drug-likeness (QED) is 0.879. The minimum atomic E-state index is -0.760. The van der Waals surface area contributed by atoms with E-state index in [1.807, 2.05) is 13.8 Å². The van der Waals surface area contributed by atoms with Gasteiger partial charge in [0.05, 0.1) is 5.60 Å².